The summed E-state index contributed by atoms with van der Waals surface area (Å²) in [6, 6.07) is 5.48. The zero-order valence-corrected chi connectivity index (χ0v) is 16.3. The lowest BCUT2D eigenvalue weighted by molar-refractivity contribution is -0.192. The summed E-state index contributed by atoms with van der Waals surface area (Å²) in [6.07, 6.45) is -5.08. The van der Waals surface area contributed by atoms with Gasteiger partial charge in [-0.15, -0.1) is 11.3 Å². The molecule has 0 bridgehead atoms. The second kappa shape index (κ2) is 8.52. The van der Waals surface area contributed by atoms with Crippen LogP contribution in [0.2, 0.25) is 0 Å². The monoisotopic (exact) mass is 432 g/mol. The van der Waals surface area contributed by atoms with E-state index >= 15 is 0 Å². The zero-order valence-electron chi connectivity index (χ0n) is 14.6. The number of rotatable bonds is 3. The van der Waals surface area contributed by atoms with Crippen molar-refractivity contribution in [2.24, 2.45) is 0 Å². The number of carbonyl (C=O) groups is 2. The van der Waals surface area contributed by atoms with Crippen molar-refractivity contribution in [3.05, 3.63) is 39.8 Å². The Bertz CT molecular complexity index is 1000. The standard InChI is InChI=1S/C14H14N4OS2.C2HF3O2/c1-8-7-20-12(16-8)6-18(2)13(19)9-3-4-11-10(5-9)17-14(15)21-11;3-2(4,5)1(6)7/h3-5,7H,6H2,1-2H3,(H2,15,17);(H,6,7). The van der Waals surface area contributed by atoms with Gasteiger partial charge in [-0.05, 0) is 25.1 Å². The van der Waals surface area contributed by atoms with E-state index in [1.807, 2.05) is 24.4 Å². The van der Waals surface area contributed by atoms with Crippen molar-refractivity contribution in [2.75, 3.05) is 12.8 Å². The first kappa shape index (κ1) is 21.6. The highest BCUT2D eigenvalue weighted by Crippen LogP contribution is 2.25. The van der Waals surface area contributed by atoms with E-state index in [0.29, 0.717) is 17.2 Å². The summed E-state index contributed by atoms with van der Waals surface area (Å²) in [4.78, 5) is 31.6. The molecule has 0 aliphatic heterocycles. The number of thiazole rings is 2. The second-order valence-electron chi connectivity index (χ2n) is 5.58. The molecule has 1 aromatic carbocycles. The number of aryl methyl sites for hydroxylation is 1. The van der Waals surface area contributed by atoms with Gasteiger partial charge >= 0.3 is 12.1 Å². The number of nitrogens with two attached hydrogens (primary N) is 1. The Balaban J connectivity index is 0.000000345. The van der Waals surface area contributed by atoms with Crippen molar-refractivity contribution < 1.29 is 27.9 Å². The predicted octanol–water partition coefficient (Wildman–Crippen LogP) is 3.55. The molecule has 0 aliphatic rings. The summed E-state index contributed by atoms with van der Waals surface area (Å²) in [5, 5.41) is 10.6. The Morgan fingerprint density at radius 3 is 2.46 bits per heavy atom. The Kier molecular flexibility index (Phi) is 6.56. The topological polar surface area (TPSA) is 109 Å². The number of halogens is 3. The van der Waals surface area contributed by atoms with Gasteiger partial charge in [-0.3, -0.25) is 4.79 Å². The molecule has 1 amide bonds. The zero-order chi connectivity index (χ0) is 21.1. The van der Waals surface area contributed by atoms with Crippen molar-refractivity contribution in [3.8, 4) is 0 Å². The number of benzene rings is 1. The molecule has 0 saturated heterocycles. The summed E-state index contributed by atoms with van der Waals surface area (Å²) < 4.78 is 32.7. The van der Waals surface area contributed by atoms with Crippen LogP contribution in [0, 0.1) is 6.92 Å². The molecule has 0 radical (unpaired) electrons. The molecule has 3 rings (SSSR count). The van der Waals surface area contributed by atoms with Gasteiger partial charge < -0.3 is 15.7 Å². The molecule has 0 atom stereocenters. The van der Waals surface area contributed by atoms with Crippen LogP contribution in [0.4, 0.5) is 18.3 Å². The highest BCUT2D eigenvalue weighted by Gasteiger charge is 2.38. The fraction of sp³-hybridized carbons (Fsp3) is 0.250. The van der Waals surface area contributed by atoms with Gasteiger partial charge in [0.15, 0.2) is 5.13 Å². The van der Waals surface area contributed by atoms with Gasteiger partial charge in [-0.1, -0.05) is 11.3 Å². The van der Waals surface area contributed by atoms with Gasteiger partial charge in [0.1, 0.15) is 5.01 Å². The number of carboxylic acid groups (broad SMARTS) is 1. The molecule has 2 aromatic heterocycles. The lowest BCUT2D eigenvalue weighted by Gasteiger charge is -2.15. The maximum atomic E-state index is 12.5. The van der Waals surface area contributed by atoms with Crippen LogP contribution in [0.15, 0.2) is 23.6 Å². The number of aromatic nitrogens is 2. The predicted molar refractivity (Wildman–Crippen MR) is 100 cm³/mol. The third kappa shape index (κ3) is 5.63. The van der Waals surface area contributed by atoms with Crippen molar-refractivity contribution in [1.82, 2.24) is 14.9 Å². The SMILES string of the molecule is Cc1csc(CN(C)C(=O)c2ccc3sc(N)nc3c2)n1.O=C(O)C(F)(F)F. The van der Waals surface area contributed by atoms with Crippen LogP contribution in [0.25, 0.3) is 10.2 Å². The van der Waals surface area contributed by atoms with Crippen molar-refractivity contribution in [3.63, 3.8) is 0 Å². The molecule has 3 aromatic rings. The molecule has 0 spiro atoms. The molecule has 0 saturated carbocycles. The molecular formula is C16H15F3N4O3S2. The summed E-state index contributed by atoms with van der Waals surface area (Å²) >= 11 is 2.98. The number of fused-ring (bicyclic) bond motifs is 1. The van der Waals surface area contributed by atoms with Gasteiger partial charge in [-0.2, -0.15) is 13.2 Å². The van der Waals surface area contributed by atoms with Gasteiger partial charge in [0, 0.05) is 23.7 Å². The van der Waals surface area contributed by atoms with Gasteiger partial charge in [-0.25, -0.2) is 14.8 Å². The highest BCUT2D eigenvalue weighted by atomic mass is 32.1. The third-order valence-corrected chi connectivity index (χ3v) is 5.10. The van der Waals surface area contributed by atoms with Crippen molar-refractivity contribution in [1.29, 1.82) is 0 Å². The first-order valence-electron chi connectivity index (χ1n) is 7.60. The van der Waals surface area contributed by atoms with E-state index in [1.165, 1.54) is 11.3 Å². The molecule has 12 heteroatoms. The molecular weight excluding hydrogens is 417 g/mol. The number of carboxylic acids is 1. The van der Waals surface area contributed by atoms with E-state index in [4.69, 9.17) is 15.6 Å². The maximum absolute atomic E-state index is 12.5. The van der Waals surface area contributed by atoms with Gasteiger partial charge in [0.05, 0.1) is 16.8 Å². The van der Waals surface area contributed by atoms with E-state index in [9.17, 15) is 18.0 Å². The summed E-state index contributed by atoms with van der Waals surface area (Å²) in [6.45, 7) is 2.46. The van der Waals surface area contributed by atoms with Crippen LogP contribution in [0.5, 0.6) is 0 Å². The Morgan fingerprint density at radius 1 is 1.29 bits per heavy atom. The minimum atomic E-state index is -5.08. The first-order valence-corrected chi connectivity index (χ1v) is 9.29. The second-order valence-corrected chi connectivity index (χ2v) is 7.59. The lowest BCUT2D eigenvalue weighted by atomic mass is 10.2. The number of anilines is 1. The van der Waals surface area contributed by atoms with Gasteiger partial charge in [0.25, 0.3) is 5.91 Å². The van der Waals surface area contributed by atoms with E-state index in [-0.39, 0.29) is 5.91 Å². The average Bonchev–Trinajstić information content (AvgIpc) is 3.17. The number of nitrogens with zero attached hydrogens (tertiary/aromatic N) is 3. The molecule has 0 fully saturated rings. The van der Waals surface area contributed by atoms with Crippen LogP contribution in [-0.4, -0.2) is 45.1 Å². The normalized spacial score (nSPS) is 11.0. The summed E-state index contributed by atoms with van der Waals surface area (Å²) in [7, 11) is 1.78. The first-order chi connectivity index (χ1) is 13.0. The van der Waals surface area contributed by atoms with Gasteiger partial charge in [0.2, 0.25) is 0 Å². The largest absolute Gasteiger partial charge is 0.490 e. The van der Waals surface area contributed by atoms with Crippen LogP contribution in [0.1, 0.15) is 21.1 Å². The molecule has 7 nitrogen and oxygen atoms in total. The minimum absolute atomic E-state index is 0.0451. The molecule has 2 heterocycles. The number of hydrogen-bond acceptors (Lipinski definition) is 7. The van der Waals surface area contributed by atoms with Crippen LogP contribution >= 0.6 is 22.7 Å². The van der Waals surface area contributed by atoms with Crippen LogP contribution < -0.4 is 5.73 Å². The Hall–Kier alpha value is -2.73. The Labute approximate surface area is 165 Å². The molecule has 150 valence electrons. The Morgan fingerprint density at radius 2 is 1.93 bits per heavy atom. The number of amides is 1. The average molecular weight is 432 g/mol. The van der Waals surface area contributed by atoms with E-state index < -0.39 is 12.1 Å². The van der Waals surface area contributed by atoms with Crippen LogP contribution in [-0.2, 0) is 11.3 Å². The number of carbonyl (C=O) groups excluding carboxylic acids is 1. The summed E-state index contributed by atoms with van der Waals surface area (Å²) in [5.41, 5.74) is 8.05. The molecule has 0 aliphatic carbocycles. The highest BCUT2D eigenvalue weighted by molar-refractivity contribution is 7.22. The van der Waals surface area contributed by atoms with Crippen LogP contribution in [0.3, 0.4) is 0 Å². The molecule has 3 N–H and O–H groups in total. The number of alkyl halides is 3. The van der Waals surface area contributed by atoms with E-state index in [1.54, 1.807) is 29.4 Å². The van der Waals surface area contributed by atoms with E-state index in [2.05, 4.69) is 9.97 Å². The molecule has 0 unspecified atom stereocenters. The smallest absolute Gasteiger partial charge is 0.475 e. The van der Waals surface area contributed by atoms with Crippen molar-refractivity contribution in [2.45, 2.75) is 19.6 Å². The quantitative estimate of drug-likeness (QED) is 0.655. The maximum Gasteiger partial charge on any atom is 0.490 e. The number of aliphatic carboxylic acids is 1. The lowest BCUT2D eigenvalue weighted by Crippen LogP contribution is -2.26. The number of nitrogen functional groups attached to an aromatic ring is 1. The van der Waals surface area contributed by atoms with E-state index in [0.717, 1.165) is 20.9 Å². The fourth-order valence-corrected chi connectivity index (χ4v) is 3.59. The summed E-state index contributed by atoms with van der Waals surface area (Å²) in [5.74, 6) is -2.80. The third-order valence-electron chi connectivity index (χ3n) is 3.28. The fourth-order valence-electron chi connectivity index (χ4n) is 2.05. The number of hydrogen-bond donors (Lipinski definition) is 2. The molecule has 28 heavy (non-hydrogen) atoms. The minimum Gasteiger partial charge on any atom is -0.475 e. The van der Waals surface area contributed by atoms with Crippen molar-refractivity contribution >= 4 is 49.9 Å².